The lowest BCUT2D eigenvalue weighted by atomic mass is 10.0. The monoisotopic (exact) mass is 429 g/mol. The Kier molecular flexibility index (Phi) is 8.03. The highest BCUT2D eigenvalue weighted by atomic mass is 35.5. The Balaban J connectivity index is 0.00000320. The van der Waals surface area contributed by atoms with E-state index in [1.165, 1.54) is 6.07 Å². The average Bonchev–Trinajstić information content (AvgIpc) is 2.74. The van der Waals surface area contributed by atoms with Crippen molar-refractivity contribution >= 4 is 46.5 Å². The van der Waals surface area contributed by atoms with Gasteiger partial charge in [0.25, 0.3) is 17.6 Å². The van der Waals surface area contributed by atoms with Crippen molar-refractivity contribution in [3.05, 3.63) is 77.6 Å². The molecule has 4 N–H and O–H groups in total. The second-order valence-corrected chi connectivity index (χ2v) is 6.43. The number of Topliss-reactive ketones (excluding diaryl/α,β-unsaturated/α-hetero) is 1. The van der Waals surface area contributed by atoms with Gasteiger partial charge in [0.15, 0.2) is 0 Å². The number of carbonyl (C=O) groups is 3. The van der Waals surface area contributed by atoms with Gasteiger partial charge in [-0.1, -0.05) is 30.3 Å². The molecule has 0 unspecified atom stereocenters. The largest absolute Gasteiger partial charge is 0.349 e. The summed E-state index contributed by atoms with van der Waals surface area (Å²) in [5.41, 5.74) is 5.57. The molecular weight excluding hydrogens is 409 g/mol. The third kappa shape index (κ3) is 5.40. The van der Waals surface area contributed by atoms with Crippen LogP contribution in [-0.4, -0.2) is 30.7 Å². The van der Waals surface area contributed by atoms with E-state index >= 15 is 0 Å². The molecule has 30 heavy (non-hydrogen) atoms. The number of hydrogen-bond donors (Lipinski definition) is 3. The van der Waals surface area contributed by atoms with Gasteiger partial charge in [-0.05, 0) is 54.1 Å². The van der Waals surface area contributed by atoms with Crippen molar-refractivity contribution in [3.8, 4) is 0 Å². The van der Waals surface area contributed by atoms with Gasteiger partial charge in [0, 0.05) is 12.1 Å². The molecule has 0 atom stereocenters. The topological polar surface area (TPSA) is 101 Å². The van der Waals surface area contributed by atoms with E-state index in [4.69, 9.17) is 5.73 Å². The summed E-state index contributed by atoms with van der Waals surface area (Å²) in [6.07, 6.45) is 0.508. The van der Waals surface area contributed by atoms with E-state index in [0.29, 0.717) is 18.5 Å². The Morgan fingerprint density at radius 3 is 2.40 bits per heavy atom. The molecule has 2 amide bonds. The lowest BCUT2D eigenvalue weighted by molar-refractivity contribution is -0.117. The summed E-state index contributed by atoms with van der Waals surface area (Å²) in [4.78, 5) is 37.2. The molecule has 8 heteroatoms. The fraction of sp³-hybridized carbons (Fsp3) is 0.136. The summed E-state index contributed by atoms with van der Waals surface area (Å²) < 4.78 is 13.7. The van der Waals surface area contributed by atoms with E-state index < -0.39 is 23.4 Å². The molecule has 3 rings (SSSR count). The molecule has 0 aliphatic heterocycles. The zero-order chi connectivity index (χ0) is 20.8. The van der Waals surface area contributed by atoms with Crippen LogP contribution in [0, 0.1) is 5.82 Å². The molecule has 3 aromatic carbocycles. The van der Waals surface area contributed by atoms with Crippen LogP contribution < -0.4 is 16.4 Å². The summed E-state index contributed by atoms with van der Waals surface area (Å²) in [7, 11) is 0. The van der Waals surface area contributed by atoms with Crippen LogP contribution in [0.4, 0.5) is 10.1 Å². The Morgan fingerprint density at radius 1 is 0.933 bits per heavy atom. The van der Waals surface area contributed by atoms with Crippen LogP contribution in [0.15, 0.2) is 60.7 Å². The van der Waals surface area contributed by atoms with Gasteiger partial charge in [-0.3, -0.25) is 14.4 Å². The summed E-state index contributed by atoms with van der Waals surface area (Å²) in [5, 5.41) is 6.89. The predicted octanol–water partition coefficient (Wildman–Crippen LogP) is 3.30. The first-order chi connectivity index (χ1) is 14.0. The van der Waals surface area contributed by atoms with Gasteiger partial charge in [0.05, 0.1) is 11.3 Å². The molecule has 0 aromatic heterocycles. The second-order valence-electron chi connectivity index (χ2n) is 6.43. The number of halogens is 2. The van der Waals surface area contributed by atoms with E-state index in [2.05, 4.69) is 10.6 Å². The molecular formula is C22H21ClFN3O3. The Labute approximate surface area is 179 Å². The van der Waals surface area contributed by atoms with E-state index in [-0.39, 0.29) is 30.2 Å². The lowest BCUT2D eigenvalue weighted by Gasteiger charge is -2.11. The molecule has 0 bridgehead atoms. The van der Waals surface area contributed by atoms with Crippen LogP contribution in [0.2, 0.25) is 0 Å². The number of nitrogens with two attached hydrogens (primary N) is 1. The molecule has 0 radical (unpaired) electrons. The average molecular weight is 430 g/mol. The van der Waals surface area contributed by atoms with E-state index in [0.717, 1.165) is 22.9 Å². The molecule has 0 aliphatic rings. The van der Waals surface area contributed by atoms with Crippen LogP contribution >= 0.6 is 12.4 Å². The molecule has 0 saturated carbocycles. The Morgan fingerprint density at radius 2 is 1.67 bits per heavy atom. The van der Waals surface area contributed by atoms with Gasteiger partial charge < -0.3 is 16.4 Å². The molecule has 0 saturated heterocycles. The number of rotatable bonds is 7. The smallest absolute Gasteiger partial charge is 0.292 e. The van der Waals surface area contributed by atoms with Crippen LogP contribution in [0.1, 0.15) is 27.1 Å². The lowest BCUT2D eigenvalue weighted by Crippen LogP contribution is -2.33. The van der Waals surface area contributed by atoms with Crippen molar-refractivity contribution in [1.29, 1.82) is 0 Å². The second kappa shape index (κ2) is 10.5. The molecule has 156 valence electrons. The minimum atomic E-state index is -0.935. The first-order valence-corrected chi connectivity index (χ1v) is 9.12. The maximum atomic E-state index is 13.7. The quantitative estimate of drug-likeness (QED) is 0.304. The number of carbonyl (C=O) groups excluding carboxylic acids is 3. The van der Waals surface area contributed by atoms with Gasteiger partial charge in [-0.15, -0.1) is 12.4 Å². The van der Waals surface area contributed by atoms with Crippen molar-refractivity contribution in [1.82, 2.24) is 5.32 Å². The zero-order valence-electron chi connectivity index (χ0n) is 16.0. The number of nitrogens with one attached hydrogen (secondary N) is 2. The van der Waals surface area contributed by atoms with Crippen molar-refractivity contribution in [2.75, 3.05) is 18.4 Å². The SMILES string of the molecule is Cl.NCCCNC(=O)C(=O)c1cc(F)ccc1NC(=O)c1ccc2ccccc2c1. The fourth-order valence-corrected chi connectivity index (χ4v) is 2.84. The zero-order valence-corrected chi connectivity index (χ0v) is 16.8. The van der Waals surface area contributed by atoms with Crippen molar-refractivity contribution in [2.24, 2.45) is 5.73 Å². The Bertz CT molecular complexity index is 1090. The number of hydrogen-bond acceptors (Lipinski definition) is 4. The first-order valence-electron chi connectivity index (χ1n) is 9.12. The molecule has 0 spiro atoms. The van der Waals surface area contributed by atoms with E-state index in [9.17, 15) is 18.8 Å². The number of anilines is 1. The maximum absolute atomic E-state index is 13.7. The summed E-state index contributed by atoms with van der Waals surface area (Å²) >= 11 is 0. The van der Waals surface area contributed by atoms with Gasteiger partial charge in [0.2, 0.25) is 0 Å². The van der Waals surface area contributed by atoms with Crippen molar-refractivity contribution < 1.29 is 18.8 Å². The molecule has 0 fully saturated rings. The molecule has 0 aliphatic carbocycles. The van der Waals surface area contributed by atoms with Crippen molar-refractivity contribution in [2.45, 2.75) is 6.42 Å². The van der Waals surface area contributed by atoms with Gasteiger partial charge in [-0.2, -0.15) is 0 Å². The predicted molar refractivity (Wildman–Crippen MR) is 117 cm³/mol. The van der Waals surface area contributed by atoms with Gasteiger partial charge >= 0.3 is 0 Å². The van der Waals surface area contributed by atoms with Crippen LogP contribution in [0.3, 0.4) is 0 Å². The molecule has 0 heterocycles. The summed E-state index contributed by atoms with van der Waals surface area (Å²) in [5.74, 6) is -2.98. The van der Waals surface area contributed by atoms with Gasteiger partial charge in [-0.25, -0.2) is 4.39 Å². The molecule has 3 aromatic rings. The maximum Gasteiger partial charge on any atom is 0.292 e. The first kappa shape index (κ1) is 23.0. The fourth-order valence-electron chi connectivity index (χ4n) is 2.84. The van der Waals surface area contributed by atoms with Gasteiger partial charge in [0.1, 0.15) is 5.82 Å². The normalized spacial score (nSPS) is 10.2. The minimum Gasteiger partial charge on any atom is -0.349 e. The number of amides is 2. The summed E-state index contributed by atoms with van der Waals surface area (Å²) in [6, 6.07) is 16.1. The van der Waals surface area contributed by atoms with E-state index in [1.54, 1.807) is 12.1 Å². The summed E-state index contributed by atoms with van der Waals surface area (Å²) in [6.45, 7) is 0.594. The third-order valence-electron chi connectivity index (χ3n) is 4.36. The minimum absolute atomic E-state index is 0. The number of benzene rings is 3. The Hall–Kier alpha value is -3.29. The van der Waals surface area contributed by atoms with Crippen LogP contribution in [0.5, 0.6) is 0 Å². The highest BCUT2D eigenvalue weighted by molar-refractivity contribution is 6.44. The van der Waals surface area contributed by atoms with E-state index in [1.807, 2.05) is 30.3 Å². The van der Waals surface area contributed by atoms with Crippen LogP contribution in [-0.2, 0) is 4.79 Å². The molecule has 6 nitrogen and oxygen atoms in total. The number of ketones is 1. The van der Waals surface area contributed by atoms with Crippen molar-refractivity contribution in [3.63, 3.8) is 0 Å². The third-order valence-corrected chi connectivity index (χ3v) is 4.36. The number of fused-ring (bicyclic) bond motifs is 1. The standard InChI is InChI=1S/C22H20FN3O3.ClH/c23-17-8-9-19(18(13-17)20(27)22(29)25-11-3-10-24)26-21(28)16-7-6-14-4-1-2-5-15(14)12-16;/h1-2,4-9,12-13H,3,10-11,24H2,(H,25,29)(H,26,28);1H. The highest BCUT2D eigenvalue weighted by Gasteiger charge is 2.21. The highest BCUT2D eigenvalue weighted by Crippen LogP contribution is 2.21. The van der Waals surface area contributed by atoms with Crippen LogP contribution in [0.25, 0.3) is 10.8 Å².